The molecule has 8 nitrogen and oxygen atoms in total. The van der Waals surface area contributed by atoms with E-state index in [1.807, 2.05) is 4.68 Å². The van der Waals surface area contributed by atoms with Crippen molar-refractivity contribution in [1.29, 1.82) is 0 Å². The molecular formula is C29H37F3N4O4. The third-order valence-corrected chi connectivity index (χ3v) is 8.97. The first kappa shape index (κ1) is 28.4. The first-order valence-corrected chi connectivity index (χ1v) is 14.1. The third-order valence-electron chi connectivity index (χ3n) is 8.97. The van der Waals surface area contributed by atoms with Gasteiger partial charge in [0.2, 0.25) is 5.91 Å². The van der Waals surface area contributed by atoms with Crippen LogP contribution in [0.15, 0.2) is 30.6 Å². The van der Waals surface area contributed by atoms with Crippen LogP contribution in [0.3, 0.4) is 0 Å². The van der Waals surface area contributed by atoms with Crippen LogP contribution in [-0.4, -0.2) is 63.9 Å². The molecule has 0 spiro atoms. The lowest BCUT2D eigenvalue weighted by atomic mass is 9.74. The number of benzene rings is 1. The van der Waals surface area contributed by atoms with Gasteiger partial charge in [-0.15, -0.1) is 0 Å². The Kier molecular flexibility index (Phi) is 7.87. The summed E-state index contributed by atoms with van der Waals surface area (Å²) in [5.74, 6) is 0.0754. The summed E-state index contributed by atoms with van der Waals surface area (Å²) in [6.07, 6.45) is 2.99. The van der Waals surface area contributed by atoms with Crippen molar-refractivity contribution in [2.24, 2.45) is 11.3 Å². The highest BCUT2D eigenvalue weighted by molar-refractivity contribution is 5.88. The topological polar surface area (TPSA) is 76.9 Å². The summed E-state index contributed by atoms with van der Waals surface area (Å²) in [6.45, 7) is 8.10. The van der Waals surface area contributed by atoms with Crippen molar-refractivity contribution in [3.8, 4) is 5.75 Å². The van der Waals surface area contributed by atoms with Gasteiger partial charge in [-0.1, -0.05) is 13.8 Å². The number of hydrogen-bond acceptors (Lipinski definition) is 6. The summed E-state index contributed by atoms with van der Waals surface area (Å²) in [5, 5.41) is 4.39. The molecule has 1 saturated carbocycles. The van der Waals surface area contributed by atoms with Gasteiger partial charge in [-0.3, -0.25) is 9.48 Å². The number of hydrogen-bond donors (Lipinski definition) is 0. The minimum atomic E-state index is -4.45. The molecule has 2 fully saturated rings. The number of esters is 1. The van der Waals surface area contributed by atoms with Gasteiger partial charge in [0.05, 0.1) is 41.9 Å². The number of aromatic nitrogens is 2. The van der Waals surface area contributed by atoms with Crippen LogP contribution in [-0.2, 0) is 22.3 Å². The largest absolute Gasteiger partial charge is 0.473 e. The van der Waals surface area contributed by atoms with E-state index in [9.17, 15) is 22.8 Å². The summed E-state index contributed by atoms with van der Waals surface area (Å²) in [4.78, 5) is 30.0. The number of amides is 1. The second kappa shape index (κ2) is 11.1. The molecule has 2 aromatic rings. The Hall–Kier alpha value is -3.08. The molecule has 1 aromatic carbocycles. The average Bonchev–Trinajstić information content (AvgIpc) is 3.61. The second-order valence-corrected chi connectivity index (χ2v) is 11.5. The Morgan fingerprint density at radius 1 is 1.18 bits per heavy atom. The lowest BCUT2D eigenvalue weighted by Gasteiger charge is -2.41. The van der Waals surface area contributed by atoms with Crippen molar-refractivity contribution in [2.45, 2.75) is 77.7 Å². The van der Waals surface area contributed by atoms with Crippen LogP contribution in [0.25, 0.3) is 0 Å². The lowest BCUT2D eigenvalue weighted by molar-refractivity contribution is -0.150. The number of piperidine rings is 1. The number of alkyl halides is 3. The molecule has 0 unspecified atom stereocenters. The van der Waals surface area contributed by atoms with Gasteiger partial charge >= 0.3 is 12.1 Å². The molecule has 0 N–H and O–H groups in total. The first-order valence-electron chi connectivity index (χ1n) is 14.1. The predicted octanol–water partition coefficient (Wildman–Crippen LogP) is 5.29. The van der Waals surface area contributed by atoms with E-state index in [0.29, 0.717) is 23.5 Å². The number of carbonyl (C=O) groups excluding carboxylic acids is 2. The lowest BCUT2D eigenvalue weighted by Crippen LogP contribution is -2.49. The van der Waals surface area contributed by atoms with Gasteiger partial charge in [0, 0.05) is 30.9 Å². The molecule has 218 valence electrons. The van der Waals surface area contributed by atoms with Crippen LogP contribution >= 0.6 is 0 Å². The third kappa shape index (κ3) is 5.44. The molecule has 11 heteroatoms. The van der Waals surface area contributed by atoms with Crippen molar-refractivity contribution in [3.05, 3.63) is 47.3 Å². The van der Waals surface area contributed by atoms with Gasteiger partial charge in [-0.05, 0) is 63.1 Å². The molecule has 1 saturated heterocycles. The molecule has 2 aliphatic heterocycles. The zero-order valence-electron chi connectivity index (χ0n) is 23.2. The smallest absolute Gasteiger partial charge is 0.416 e. The summed E-state index contributed by atoms with van der Waals surface area (Å²) in [7, 11) is 0. The zero-order chi connectivity index (χ0) is 28.7. The van der Waals surface area contributed by atoms with Crippen LogP contribution in [0.4, 0.5) is 13.2 Å². The van der Waals surface area contributed by atoms with Crippen molar-refractivity contribution < 1.29 is 32.2 Å². The van der Waals surface area contributed by atoms with E-state index < -0.39 is 17.2 Å². The summed E-state index contributed by atoms with van der Waals surface area (Å²) in [6, 6.07) is 3.91. The van der Waals surface area contributed by atoms with Crippen molar-refractivity contribution >= 4 is 11.9 Å². The van der Waals surface area contributed by atoms with Crippen LogP contribution in [0.2, 0.25) is 0 Å². The Labute approximate surface area is 232 Å². The van der Waals surface area contributed by atoms with Crippen LogP contribution in [0.5, 0.6) is 5.75 Å². The van der Waals surface area contributed by atoms with E-state index in [1.165, 1.54) is 6.07 Å². The molecule has 5 rings (SSSR count). The predicted molar refractivity (Wildman–Crippen MR) is 140 cm³/mol. The molecular weight excluding hydrogens is 525 g/mol. The molecule has 40 heavy (non-hydrogen) atoms. The van der Waals surface area contributed by atoms with E-state index in [1.54, 1.807) is 24.2 Å². The molecule has 3 aliphatic rings. The van der Waals surface area contributed by atoms with Crippen molar-refractivity contribution in [1.82, 2.24) is 19.6 Å². The normalized spacial score (nSPS) is 24.2. The fourth-order valence-corrected chi connectivity index (χ4v) is 6.56. The molecule has 2 atom stereocenters. The minimum absolute atomic E-state index is 0.0361. The van der Waals surface area contributed by atoms with Gasteiger partial charge in [0.1, 0.15) is 5.75 Å². The molecule has 1 aliphatic carbocycles. The summed E-state index contributed by atoms with van der Waals surface area (Å²) >= 11 is 0. The fraction of sp³-hybridized carbons (Fsp3) is 0.621. The fourth-order valence-electron chi connectivity index (χ4n) is 6.56. The van der Waals surface area contributed by atoms with Gasteiger partial charge in [0.15, 0.2) is 6.73 Å². The average molecular weight is 563 g/mol. The van der Waals surface area contributed by atoms with E-state index in [0.717, 1.165) is 57.3 Å². The van der Waals surface area contributed by atoms with E-state index in [-0.39, 0.29) is 43.2 Å². The molecule has 3 heterocycles. The van der Waals surface area contributed by atoms with E-state index in [2.05, 4.69) is 23.8 Å². The first-order chi connectivity index (χ1) is 19.0. The number of carbonyl (C=O) groups is 2. The number of fused-ring (bicyclic) bond motifs is 1. The number of nitrogens with zero attached hydrogens (tertiary/aromatic N) is 4. The van der Waals surface area contributed by atoms with Crippen molar-refractivity contribution in [2.75, 3.05) is 26.4 Å². The Balaban J connectivity index is 1.22. The number of halogens is 3. The molecule has 0 bridgehead atoms. The standard InChI is InChI=1S/C29H37F3N4O4/c1-4-39-26(37)21-15-33-36(17-21)23-8-11-34(12-9-23)24-7-10-28(14-24,19(2)3)27(38)35-16-20-13-22(29(30,31)32)5-6-25(20)40-18-35/h5-6,13,15,17,19,23-24H,4,7-12,14,16,18H2,1-3H3/t24-,28+/m1/s1. The van der Waals surface area contributed by atoms with Crippen LogP contribution in [0.1, 0.15) is 80.4 Å². The van der Waals surface area contributed by atoms with Gasteiger partial charge in [-0.2, -0.15) is 18.3 Å². The second-order valence-electron chi connectivity index (χ2n) is 11.5. The summed E-state index contributed by atoms with van der Waals surface area (Å²) < 4.78 is 52.5. The monoisotopic (exact) mass is 562 g/mol. The number of likely N-dealkylation sites (tertiary alicyclic amines) is 1. The molecule has 0 radical (unpaired) electrons. The highest BCUT2D eigenvalue weighted by Gasteiger charge is 2.51. The van der Waals surface area contributed by atoms with Crippen molar-refractivity contribution in [3.63, 3.8) is 0 Å². The SMILES string of the molecule is CCOC(=O)c1cnn(C2CCN([C@@H]3CC[C@@](C(=O)N4COc5ccc(C(F)(F)F)cc5C4)(C(C)C)C3)CC2)c1. The molecule has 1 aromatic heterocycles. The maximum atomic E-state index is 14.0. The number of ether oxygens (including phenoxy) is 2. The quantitative estimate of drug-likeness (QED) is 0.446. The maximum absolute atomic E-state index is 14.0. The highest BCUT2D eigenvalue weighted by atomic mass is 19.4. The zero-order valence-corrected chi connectivity index (χ0v) is 23.2. The van der Waals surface area contributed by atoms with E-state index in [4.69, 9.17) is 9.47 Å². The van der Waals surface area contributed by atoms with E-state index >= 15 is 0 Å². The van der Waals surface area contributed by atoms with Gasteiger partial charge in [0.25, 0.3) is 0 Å². The minimum Gasteiger partial charge on any atom is -0.473 e. The molecule has 1 amide bonds. The Bertz CT molecular complexity index is 1240. The van der Waals surface area contributed by atoms with Gasteiger partial charge in [-0.25, -0.2) is 4.79 Å². The van der Waals surface area contributed by atoms with Crippen LogP contribution < -0.4 is 4.74 Å². The highest BCUT2D eigenvalue weighted by Crippen LogP contribution is 2.48. The summed E-state index contributed by atoms with van der Waals surface area (Å²) in [5.41, 5.74) is -0.478. The Morgan fingerprint density at radius 2 is 1.93 bits per heavy atom. The Morgan fingerprint density at radius 3 is 2.60 bits per heavy atom. The maximum Gasteiger partial charge on any atom is 0.416 e. The van der Waals surface area contributed by atoms with Gasteiger partial charge < -0.3 is 19.3 Å². The number of rotatable bonds is 6. The van der Waals surface area contributed by atoms with Crippen LogP contribution in [0, 0.1) is 11.3 Å².